The fraction of sp³-hybridized carbons (Fsp3) is 0.286. The molecular weight excluding hydrogens is 376 g/mol. The zero-order chi connectivity index (χ0) is 13.0. The van der Waals surface area contributed by atoms with Gasteiger partial charge < -0.3 is 4.74 Å². The lowest BCUT2D eigenvalue weighted by atomic mass is 10.1. The van der Waals surface area contributed by atoms with Gasteiger partial charge in [0.15, 0.2) is 0 Å². The van der Waals surface area contributed by atoms with Crippen LogP contribution in [-0.2, 0) is 0 Å². The van der Waals surface area contributed by atoms with Crippen LogP contribution in [0.1, 0.15) is 28.6 Å². The summed E-state index contributed by atoms with van der Waals surface area (Å²) in [4.78, 5) is 1.49. The number of thiophene rings is 1. The highest BCUT2D eigenvalue weighted by atomic mass is 79.9. The Bertz CT molecular complexity index is 510. The molecule has 1 aromatic heterocycles. The third kappa shape index (κ3) is 3.37. The molecule has 0 aliphatic carbocycles. The van der Waals surface area contributed by atoms with Crippen LogP contribution < -0.4 is 4.74 Å². The van der Waals surface area contributed by atoms with Crippen molar-refractivity contribution in [3.05, 3.63) is 50.6 Å². The van der Waals surface area contributed by atoms with Crippen molar-refractivity contribution >= 4 is 43.2 Å². The lowest BCUT2D eigenvalue weighted by molar-refractivity contribution is 0.317. The van der Waals surface area contributed by atoms with Crippen molar-refractivity contribution in [1.29, 1.82) is 0 Å². The van der Waals surface area contributed by atoms with Gasteiger partial charge in [-0.1, -0.05) is 35.0 Å². The minimum atomic E-state index is 0.206. The van der Waals surface area contributed by atoms with Gasteiger partial charge in [-0.15, -0.1) is 11.3 Å². The molecule has 0 N–H and O–H groups in total. The Morgan fingerprint density at radius 3 is 2.83 bits per heavy atom. The van der Waals surface area contributed by atoms with E-state index in [1.54, 1.807) is 11.3 Å². The molecule has 0 bridgehead atoms. The van der Waals surface area contributed by atoms with Crippen LogP contribution in [0.25, 0.3) is 0 Å². The first-order valence-electron chi connectivity index (χ1n) is 5.82. The summed E-state index contributed by atoms with van der Waals surface area (Å²) < 4.78 is 6.81. The molecule has 96 valence electrons. The number of hydrogen-bond acceptors (Lipinski definition) is 2. The molecule has 0 aliphatic heterocycles. The van der Waals surface area contributed by atoms with Crippen LogP contribution in [-0.4, -0.2) is 6.61 Å². The van der Waals surface area contributed by atoms with Crippen molar-refractivity contribution in [3.8, 4) is 5.75 Å². The second-order valence-corrected chi connectivity index (χ2v) is 6.63. The largest absolute Gasteiger partial charge is 0.494 e. The Labute approximate surface area is 128 Å². The van der Waals surface area contributed by atoms with E-state index in [0.29, 0.717) is 0 Å². The van der Waals surface area contributed by atoms with E-state index in [1.165, 1.54) is 10.4 Å². The Morgan fingerprint density at radius 1 is 1.33 bits per heavy atom. The zero-order valence-corrected chi connectivity index (χ0v) is 14.0. The maximum Gasteiger partial charge on any atom is 0.119 e. The molecule has 0 fully saturated rings. The van der Waals surface area contributed by atoms with Crippen molar-refractivity contribution in [1.82, 2.24) is 0 Å². The Hall–Kier alpha value is -0.320. The van der Waals surface area contributed by atoms with Crippen LogP contribution in [0.4, 0.5) is 0 Å². The second kappa shape index (κ2) is 6.73. The summed E-state index contributed by atoms with van der Waals surface area (Å²) in [5.41, 5.74) is 1.21. The van der Waals surface area contributed by atoms with E-state index < -0.39 is 0 Å². The van der Waals surface area contributed by atoms with E-state index in [2.05, 4.69) is 62.4 Å². The van der Waals surface area contributed by atoms with E-state index in [1.807, 2.05) is 12.1 Å². The van der Waals surface area contributed by atoms with E-state index in [9.17, 15) is 0 Å². The Kier molecular flexibility index (Phi) is 5.27. The molecule has 0 radical (unpaired) electrons. The summed E-state index contributed by atoms with van der Waals surface area (Å²) >= 11 is 9.07. The van der Waals surface area contributed by atoms with Crippen LogP contribution >= 0.6 is 43.2 Å². The lowest BCUT2D eigenvalue weighted by Gasteiger charge is -2.11. The molecule has 0 amide bonds. The summed E-state index contributed by atoms with van der Waals surface area (Å²) in [5.74, 6) is 0.937. The predicted octanol–water partition coefficient (Wildman–Crippen LogP) is 5.78. The third-order valence-corrected chi connectivity index (χ3v) is 5.72. The summed E-state index contributed by atoms with van der Waals surface area (Å²) in [7, 11) is 0. The molecule has 4 heteroatoms. The fourth-order valence-electron chi connectivity index (χ4n) is 1.62. The molecule has 1 atom stereocenters. The minimum Gasteiger partial charge on any atom is -0.494 e. The van der Waals surface area contributed by atoms with Gasteiger partial charge in [0, 0.05) is 9.35 Å². The van der Waals surface area contributed by atoms with Crippen molar-refractivity contribution < 1.29 is 4.74 Å². The topological polar surface area (TPSA) is 9.23 Å². The molecule has 1 nitrogen and oxygen atoms in total. The molecule has 1 heterocycles. The smallest absolute Gasteiger partial charge is 0.119 e. The Morgan fingerprint density at radius 2 is 2.17 bits per heavy atom. The average Bonchev–Trinajstić information content (AvgIpc) is 2.82. The molecular formula is C14H14Br2OS. The van der Waals surface area contributed by atoms with Gasteiger partial charge in [0.25, 0.3) is 0 Å². The molecule has 18 heavy (non-hydrogen) atoms. The zero-order valence-electron chi connectivity index (χ0n) is 10.0. The quantitative estimate of drug-likeness (QED) is 0.588. The number of halogens is 2. The van der Waals surface area contributed by atoms with Crippen molar-refractivity contribution in [2.24, 2.45) is 0 Å². The first-order chi connectivity index (χ1) is 8.72. The van der Waals surface area contributed by atoms with Crippen LogP contribution in [0.3, 0.4) is 0 Å². The number of hydrogen-bond donors (Lipinski definition) is 0. The van der Waals surface area contributed by atoms with Gasteiger partial charge in [-0.3, -0.25) is 0 Å². The van der Waals surface area contributed by atoms with Crippen LogP contribution in [0.2, 0.25) is 0 Å². The minimum absolute atomic E-state index is 0.206. The van der Waals surface area contributed by atoms with Crippen molar-refractivity contribution in [2.75, 3.05) is 6.61 Å². The van der Waals surface area contributed by atoms with Gasteiger partial charge in [0.2, 0.25) is 0 Å². The van der Waals surface area contributed by atoms with E-state index in [-0.39, 0.29) is 4.83 Å². The maximum absolute atomic E-state index is 5.66. The van der Waals surface area contributed by atoms with Gasteiger partial charge in [-0.2, -0.15) is 0 Å². The fourth-order valence-corrected chi connectivity index (χ4v) is 4.39. The van der Waals surface area contributed by atoms with E-state index >= 15 is 0 Å². The van der Waals surface area contributed by atoms with Crippen LogP contribution in [0.5, 0.6) is 5.75 Å². The standard InChI is InChI=1S/C14H14Br2OS/c1-2-7-17-11-5-3-4-10(9-11)13(16)14-12(15)6-8-18-14/h3-6,8-9,13H,2,7H2,1H3. The number of benzene rings is 1. The van der Waals surface area contributed by atoms with Gasteiger partial charge in [0.1, 0.15) is 5.75 Å². The molecule has 0 spiro atoms. The summed E-state index contributed by atoms with van der Waals surface area (Å²) in [6, 6.07) is 10.3. The highest BCUT2D eigenvalue weighted by Crippen LogP contribution is 2.39. The number of alkyl halides is 1. The van der Waals surface area contributed by atoms with Crippen LogP contribution in [0, 0.1) is 0 Å². The monoisotopic (exact) mass is 388 g/mol. The summed E-state index contributed by atoms with van der Waals surface area (Å²) in [6.45, 7) is 2.87. The average molecular weight is 390 g/mol. The van der Waals surface area contributed by atoms with Gasteiger partial charge >= 0.3 is 0 Å². The molecule has 2 rings (SSSR count). The Balaban J connectivity index is 2.20. The summed E-state index contributed by atoms with van der Waals surface area (Å²) in [5, 5.41) is 2.09. The second-order valence-electron chi connectivity index (χ2n) is 3.92. The SMILES string of the molecule is CCCOc1cccc(C(Br)c2sccc2Br)c1. The molecule has 0 saturated heterocycles. The highest BCUT2D eigenvalue weighted by Gasteiger charge is 2.15. The van der Waals surface area contributed by atoms with E-state index in [0.717, 1.165) is 23.2 Å². The predicted molar refractivity (Wildman–Crippen MR) is 85.0 cm³/mol. The van der Waals surface area contributed by atoms with Crippen molar-refractivity contribution in [3.63, 3.8) is 0 Å². The molecule has 0 saturated carbocycles. The van der Waals surface area contributed by atoms with Crippen LogP contribution in [0.15, 0.2) is 40.2 Å². The first-order valence-corrected chi connectivity index (χ1v) is 8.41. The molecule has 1 unspecified atom stereocenters. The first kappa shape index (κ1) is 14.1. The number of ether oxygens (including phenoxy) is 1. The van der Waals surface area contributed by atoms with Crippen molar-refractivity contribution in [2.45, 2.75) is 18.2 Å². The third-order valence-electron chi connectivity index (χ3n) is 2.50. The van der Waals surface area contributed by atoms with E-state index in [4.69, 9.17) is 4.74 Å². The molecule has 0 aliphatic rings. The highest BCUT2D eigenvalue weighted by molar-refractivity contribution is 9.11. The lowest BCUT2D eigenvalue weighted by Crippen LogP contribution is -1.97. The molecule has 1 aromatic carbocycles. The van der Waals surface area contributed by atoms with Gasteiger partial charge in [0.05, 0.1) is 11.4 Å². The summed E-state index contributed by atoms with van der Waals surface area (Å²) in [6.07, 6.45) is 1.03. The van der Waals surface area contributed by atoms with Gasteiger partial charge in [-0.05, 0) is 51.5 Å². The number of rotatable bonds is 5. The van der Waals surface area contributed by atoms with Gasteiger partial charge in [-0.25, -0.2) is 0 Å². The maximum atomic E-state index is 5.66. The normalized spacial score (nSPS) is 12.4. The molecule has 2 aromatic rings.